The summed E-state index contributed by atoms with van der Waals surface area (Å²) in [4.78, 5) is 23.1. The van der Waals surface area contributed by atoms with Crippen LogP contribution in [0.3, 0.4) is 0 Å². The van der Waals surface area contributed by atoms with Crippen LogP contribution in [0.2, 0.25) is 5.02 Å². The first-order valence-electron chi connectivity index (χ1n) is 11.4. The fourth-order valence-corrected chi connectivity index (χ4v) is 4.27. The van der Waals surface area contributed by atoms with Gasteiger partial charge in [-0.1, -0.05) is 59.6 Å². The molecule has 4 rings (SSSR count). The van der Waals surface area contributed by atoms with Crippen molar-refractivity contribution in [1.29, 1.82) is 0 Å². The molecule has 0 saturated carbocycles. The van der Waals surface area contributed by atoms with Crippen LogP contribution in [0.4, 0.5) is 28.8 Å². The van der Waals surface area contributed by atoms with Gasteiger partial charge in [-0.05, 0) is 48.4 Å². The highest BCUT2D eigenvalue weighted by Crippen LogP contribution is 2.30. The van der Waals surface area contributed by atoms with Gasteiger partial charge in [-0.15, -0.1) is 0 Å². The van der Waals surface area contributed by atoms with E-state index in [4.69, 9.17) is 16.2 Å². The lowest BCUT2D eigenvalue weighted by Crippen LogP contribution is -2.13. The summed E-state index contributed by atoms with van der Waals surface area (Å²) in [7, 11) is 1.84. The second kappa shape index (κ2) is 12.0. The molecular weight excluding hydrogens is 510 g/mol. The molecule has 0 bridgehead atoms. The molecule has 0 radical (unpaired) electrons. The Balaban J connectivity index is 1.43. The summed E-state index contributed by atoms with van der Waals surface area (Å²) in [6.07, 6.45) is 2.27. The molecule has 1 atom stereocenters. The quantitative estimate of drug-likeness (QED) is 0.218. The number of nitrogens with one attached hydrogen (secondary N) is 2. The fraction of sp³-hybridized carbons (Fsp3) is 0.148. The highest BCUT2D eigenvalue weighted by Gasteiger charge is 2.13. The maximum absolute atomic E-state index is 12.5. The van der Waals surface area contributed by atoms with Crippen LogP contribution in [0.1, 0.15) is 16.7 Å². The lowest BCUT2D eigenvalue weighted by Gasteiger charge is -2.20. The van der Waals surface area contributed by atoms with Gasteiger partial charge in [0.2, 0.25) is 5.95 Å². The first-order valence-corrected chi connectivity index (χ1v) is 12.9. The maximum atomic E-state index is 12.5. The Morgan fingerprint density at radius 2 is 1.62 bits per heavy atom. The molecule has 0 aliphatic heterocycles. The minimum Gasteiger partial charge on any atom is -0.328 e. The number of benzene rings is 3. The number of carbonyl (C=O) groups excluding carboxylic acids is 1. The van der Waals surface area contributed by atoms with E-state index < -0.39 is 11.3 Å². The second-order valence-electron chi connectivity index (χ2n) is 8.53. The molecular formula is C27H26ClN5O3S. The number of carbonyl (C=O) groups is 1. The monoisotopic (exact) mass is 535 g/mol. The van der Waals surface area contributed by atoms with Crippen LogP contribution in [0.15, 0.2) is 79.0 Å². The number of Topliss-reactive ketones (excluding diaryl/α,β-unsaturated/α-hetero) is 1. The van der Waals surface area contributed by atoms with Crippen molar-refractivity contribution >= 4 is 57.5 Å². The maximum Gasteiger partial charge on any atom is 0.259 e. The normalized spacial score (nSPS) is 11.6. The van der Waals surface area contributed by atoms with Crippen LogP contribution in [0.5, 0.6) is 0 Å². The molecule has 0 amide bonds. The van der Waals surface area contributed by atoms with Gasteiger partial charge in [0, 0.05) is 31.3 Å². The number of aryl methyl sites for hydroxylation is 1. The smallest absolute Gasteiger partial charge is 0.259 e. The van der Waals surface area contributed by atoms with Gasteiger partial charge in [0.25, 0.3) is 11.3 Å². The number of halogens is 1. The molecule has 0 aliphatic carbocycles. The standard InChI is InChI=1S/C27H26ClN5O3S/c1-18-6-8-19(9-7-18)14-24(34)15-20-10-12-23(13-11-20)33(2)26-25(28)17-29-27(31-26)30-21-4-3-5-22(16-21)32-37(35)36/h3-13,16-17,32H,14-15H2,1-2H3,(H,35,36)(H,29,30,31). The van der Waals surface area contributed by atoms with Gasteiger partial charge in [0.15, 0.2) is 5.82 Å². The van der Waals surface area contributed by atoms with E-state index in [2.05, 4.69) is 20.0 Å². The van der Waals surface area contributed by atoms with E-state index in [1.807, 2.05) is 67.4 Å². The molecule has 0 spiro atoms. The van der Waals surface area contributed by atoms with E-state index in [1.165, 1.54) is 11.8 Å². The average molecular weight is 536 g/mol. The van der Waals surface area contributed by atoms with E-state index in [-0.39, 0.29) is 5.78 Å². The van der Waals surface area contributed by atoms with Crippen molar-refractivity contribution in [1.82, 2.24) is 9.97 Å². The summed E-state index contributed by atoms with van der Waals surface area (Å²) < 4.78 is 22.5. The van der Waals surface area contributed by atoms with Crippen LogP contribution < -0.4 is 14.9 Å². The Kier molecular flexibility index (Phi) is 8.50. The number of ketones is 1. The lowest BCUT2D eigenvalue weighted by atomic mass is 10.0. The number of hydrogen-bond donors (Lipinski definition) is 3. The SMILES string of the molecule is Cc1ccc(CC(=O)Cc2ccc(N(C)c3nc(Nc4cccc(NS(=O)O)c4)ncc3Cl)cc2)cc1. The van der Waals surface area contributed by atoms with Gasteiger partial charge in [0.05, 0.1) is 11.9 Å². The highest BCUT2D eigenvalue weighted by atomic mass is 35.5. The van der Waals surface area contributed by atoms with Gasteiger partial charge in [-0.25, -0.2) is 9.19 Å². The molecule has 1 heterocycles. The van der Waals surface area contributed by atoms with Crippen LogP contribution in [0.25, 0.3) is 0 Å². The molecule has 37 heavy (non-hydrogen) atoms. The number of rotatable bonds is 10. The summed E-state index contributed by atoms with van der Waals surface area (Å²) in [6, 6.07) is 22.6. The first kappa shape index (κ1) is 26.3. The number of aromatic nitrogens is 2. The molecule has 0 fully saturated rings. The van der Waals surface area contributed by atoms with Gasteiger partial charge >= 0.3 is 0 Å². The van der Waals surface area contributed by atoms with Gasteiger partial charge in [-0.2, -0.15) is 4.98 Å². The van der Waals surface area contributed by atoms with Crippen LogP contribution in [0, 0.1) is 6.92 Å². The van der Waals surface area contributed by atoms with Crippen molar-refractivity contribution < 1.29 is 13.6 Å². The second-order valence-corrected chi connectivity index (χ2v) is 9.64. The molecule has 3 aromatic carbocycles. The molecule has 0 saturated heterocycles. The Morgan fingerprint density at radius 3 is 2.27 bits per heavy atom. The molecule has 190 valence electrons. The number of anilines is 5. The summed E-state index contributed by atoms with van der Waals surface area (Å²) in [5.41, 5.74) is 5.06. The van der Waals surface area contributed by atoms with E-state index in [0.717, 1.165) is 16.8 Å². The number of nitrogens with zero attached hydrogens (tertiary/aromatic N) is 3. The Labute approximate surface area is 223 Å². The zero-order valence-electron chi connectivity index (χ0n) is 20.3. The van der Waals surface area contributed by atoms with Crippen LogP contribution >= 0.6 is 11.6 Å². The predicted molar refractivity (Wildman–Crippen MR) is 149 cm³/mol. The van der Waals surface area contributed by atoms with Crippen LogP contribution in [-0.4, -0.2) is 31.6 Å². The van der Waals surface area contributed by atoms with Gasteiger partial charge in [0.1, 0.15) is 10.8 Å². The highest BCUT2D eigenvalue weighted by molar-refractivity contribution is 7.80. The van der Waals surface area contributed by atoms with Crippen molar-refractivity contribution in [3.63, 3.8) is 0 Å². The van der Waals surface area contributed by atoms with Gasteiger partial charge < -0.3 is 10.2 Å². The Bertz CT molecular complexity index is 1410. The molecule has 0 aliphatic rings. The number of hydrogen-bond acceptors (Lipinski definition) is 6. The molecule has 3 N–H and O–H groups in total. The third-order valence-corrected chi connectivity index (χ3v) is 6.29. The summed E-state index contributed by atoms with van der Waals surface area (Å²) >= 11 is 4.23. The average Bonchev–Trinajstić information content (AvgIpc) is 2.86. The van der Waals surface area contributed by atoms with Crippen molar-refractivity contribution in [2.45, 2.75) is 19.8 Å². The molecule has 4 aromatic rings. The van der Waals surface area contributed by atoms with Crippen LogP contribution in [-0.2, 0) is 28.9 Å². The largest absolute Gasteiger partial charge is 0.328 e. The molecule has 10 heteroatoms. The third kappa shape index (κ3) is 7.36. The van der Waals surface area contributed by atoms with E-state index in [9.17, 15) is 9.00 Å². The van der Waals surface area contributed by atoms with Crippen molar-refractivity contribution in [3.05, 3.63) is 101 Å². The minimum atomic E-state index is -2.17. The van der Waals surface area contributed by atoms with E-state index >= 15 is 0 Å². The van der Waals surface area contributed by atoms with Crippen molar-refractivity contribution in [2.24, 2.45) is 0 Å². The summed E-state index contributed by atoms with van der Waals surface area (Å²) in [5, 5.41) is 3.45. The molecule has 1 unspecified atom stereocenters. The fourth-order valence-electron chi connectivity index (χ4n) is 3.73. The lowest BCUT2D eigenvalue weighted by molar-refractivity contribution is -0.117. The first-order chi connectivity index (χ1) is 17.8. The van der Waals surface area contributed by atoms with E-state index in [1.54, 1.807) is 24.3 Å². The zero-order valence-corrected chi connectivity index (χ0v) is 21.9. The molecule has 8 nitrogen and oxygen atoms in total. The Hall–Kier alpha value is -3.79. The topological polar surface area (TPSA) is 107 Å². The zero-order chi connectivity index (χ0) is 26.4. The summed E-state index contributed by atoms with van der Waals surface area (Å²) in [5.74, 6) is 0.962. The molecule has 1 aromatic heterocycles. The predicted octanol–water partition coefficient (Wildman–Crippen LogP) is 5.85. The third-order valence-electron chi connectivity index (χ3n) is 5.61. The summed E-state index contributed by atoms with van der Waals surface area (Å²) in [6.45, 7) is 2.03. The van der Waals surface area contributed by atoms with Crippen molar-refractivity contribution in [2.75, 3.05) is 22.0 Å². The Morgan fingerprint density at radius 1 is 1.00 bits per heavy atom. The minimum absolute atomic E-state index is 0.156. The van der Waals surface area contributed by atoms with Gasteiger partial charge in [-0.3, -0.25) is 14.1 Å². The van der Waals surface area contributed by atoms with E-state index in [0.29, 0.717) is 41.0 Å². The van der Waals surface area contributed by atoms with Crippen molar-refractivity contribution in [3.8, 4) is 0 Å².